The average Bonchev–Trinajstić information content (AvgIpc) is 2.82. The first-order valence-corrected chi connectivity index (χ1v) is 11.0. The van der Waals surface area contributed by atoms with Crippen LogP contribution < -0.4 is 5.48 Å². The number of rotatable bonds is 8. The molecule has 0 heterocycles. The van der Waals surface area contributed by atoms with Crippen molar-refractivity contribution < 1.29 is 9.63 Å². The minimum atomic E-state index is -0.164. The fourth-order valence-electron chi connectivity index (χ4n) is 3.21. The first-order chi connectivity index (χ1) is 15.3. The van der Waals surface area contributed by atoms with Crippen LogP contribution in [0.2, 0.25) is 0 Å². The van der Waals surface area contributed by atoms with Crippen LogP contribution in [0.1, 0.15) is 11.1 Å². The fourth-order valence-corrected chi connectivity index (χ4v) is 4.15. The second-order valence-electron chi connectivity index (χ2n) is 7.08. The van der Waals surface area contributed by atoms with Crippen LogP contribution in [0.3, 0.4) is 0 Å². The number of hydroxylamine groups is 1. The monoisotopic (exact) mass is 425 g/mol. The molecule has 0 bridgehead atoms. The lowest BCUT2D eigenvalue weighted by Gasteiger charge is -2.10. The number of carbonyl (C=O) groups excluding carboxylic acids is 1. The molecule has 154 valence electrons. The Labute approximate surface area is 187 Å². The molecular weight excluding hydrogens is 402 g/mol. The van der Waals surface area contributed by atoms with E-state index in [1.165, 1.54) is 11.1 Å². The summed E-state index contributed by atoms with van der Waals surface area (Å²) >= 11 is 1.66. The zero-order valence-corrected chi connectivity index (χ0v) is 17.8. The molecule has 0 radical (unpaired) electrons. The van der Waals surface area contributed by atoms with Crippen LogP contribution in [-0.2, 0) is 22.7 Å². The minimum absolute atomic E-state index is 0.164. The van der Waals surface area contributed by atoms with Gasteiger partial charge in [-0.05, 0) is 40.5 Å². The lowest BCUT2D eigenvalue weighted by molar-refractivity contribution is -0.133. The molecule has 1 N–H and O–H groups in total. The molecule has 0 spiro atoms. The molecule has 3 nitrogen and oxygen atoms in total. The molecule has 0 aliphatic rings. The smallest absolute Gasteiger partial charge is 0.248 e. The van der Waals surface area contributed by atoms with Gasteiger partial charge in [0.2, 0.25) is 5.91 Å². The van der Waals surface area contributed by atoms with Gasteiger partial charge in [0.15, 0.2) is 0 Å². The quantitative estimate of drug-likeness (QED) is 0.337. The Morgan fingerprint density at radius 1 is 0.710 bits per heavy atom. The van der Waals surface area contributed by atoms with Gasteiger partial charge in [-0.2, -0.15) is 0 Å². The second-order valence-corrected chi connectivity index (χ2v) is 8.19. The zero-order chi connectivity index (χ0) is 21.3. The lowest BCUT2D eigenvalue weighted by atomic mass is 10.1. The molecule has 1 amide bonds. The Morgan fingerprint density at radius 2 is 1.32 bits per heavy atom. The second kappa shape index (κ2) is 10.6. The highest BCUT2D eigenvalue weighted by atomic mass is 32.2. The number of hydrogen-bond acceptors (Lipinski definition) is 3. The standard InChI is InChI=1S/C27H23NO2S/c29-27(28-30-20-21-9-3-1-4-10-21)19-24-13-7-8-14-26(24)31-25-17-15-23(16-18-25)22-11-5-2-6-12-22/h1-18H,19-20H2,(H,28,29). The summed E-state index contributed by atoms with van der Waals surface area (Å²) in [5, 5.41) is 0. The Bertz CT molecular complexity index is 1110. The molecule has 31 heavy (non-hydrogen) atoms. The summed E-state index contributed by atoms with van der Waals surface area (Å²) in [6.07, 6.45) is 0.264. The van der Waals surface area contributed by atoms with Crippen LogP contribution in [0.4, 0.5) is 0 Å². The Morgan fingerprint density at radius 3 is 2.06 bits per heavy atom. The van der Waals surface area contributed by atoms with Crippen molar-refractivity contribution in [3.05, 3.63) is 120 Å². The van der Waals surface area contributed by atoms with Gasteiger partial charge in [0, 0.05) is 9.79 Å². The van der Waals surface area contributed by atoms with E-state index >= 15 is 0 Å². The summed E-state index contributed by atoms with van der Waals surface area (Å²) in [7, 11) is 0. The predicted molar refractivity (Wildman–Crippen MR) is 126 cm³/mol. The minimum Gasteiger partial charge on any atom is -0.272 e. The normalized spacial score (nSPS) is 10.6. The molecule has 4 heteroatoms. The van der Waals surface area contributed by atoms with E-state index in [1.807, 2.05) is 72.8 Å². The first kappa shape index (κ1) is 20.9. The van der Waals surface area contributed by atoms with Crippen LogP contribution in [0.5, 0.6) is 0 Å². The molecule has 0 saturated carbocycles. The van der Waals surface area contributed by atoms with E-state index in [9.17, 15) is 4.79 Å². The maximum Gasteiger partial charge on any atom is 0.248 e. The van der Waals surface area contributed by atoms with E-state index in [-0.39, 0.29) is 12.3 Å². The summed E-state index contributed by atoms with van der Waals surface area (Å²) < 4.78 is 0. The van der Waals surface area contributed by atoms with Gasteiger partial charge < -0.3 is 0 Å². The van der Waals surface area contributed by atoms with E-state index < -0.39 is 0 Å². The van der Waals surface area contributed by atoms with Crippen LogP contribution in [0.25, 0.3) is 11.1 Å². The maximum atomic E-state index is 12.4. The van der Waals surface area contributed by atoms with Crippen LogP contribution in [0, 0.1) is 0 Å². The van der Waals surface area contributed by atoms with Crippen molar-refractivity contribution in [1.82, 2.24) is 5.48 Å². The highest BCUT2D eigenvalue weighted by molar-refractivity contribution is 7.99. The predicted octanol–water partition coefficient (Wildman–Crippen LogP) is 6.30. The van der Waals surface area contributed by atoms with Gasteiger partial charge in [-0.3, -0.25) is 9.63 Å². The summed E-state index contributed by atoms with van der Waals surface area (Å²) in [6, 6.07) is 36.6. The molecule has 0 unspecified atom stereocenters. The Kier molecular flexibility index (Phi) is 7.16. The molecule has 0 aromatic heterocycles. The molecular formula is C27H23NO2S. The van der Waals surface area contributed by atoms with Gasteiger partial charge in [0.05, 0.1) is 13.0 Å². The van der Waals surface area contributed by atoms with Gasteiger partial charge in [-0.15, -0.1) is 0 Å². The number of hydrogen-bond donors (Lipinski definition) is 1. The molecule has 0 fully saturated rings. The molecule has 0 saturated heterocycles. The summed E-state index contributed by atoms with van der Waals surface area (Å²) in [5.74, 6) is -0.164. The number of carbonyl (C=O) groups is 1. The third kappa shape index (κ3) is 6.07. The highest BCUT2D eigenvalue weighted by Crippen LogP contribution is 2.32. The summed E-state index contributed by atoms with van der Waals surface area (Å²) in [4.78, 5) is 19.9. The van der Waals surface area contributed by atoms with Crippen LogP contribution in [0.15, 0.2) is 119 Å². The van der Waals surface area contributed by atoms with Gasteiger partial charge in [0.1, 0.15) is 0 Å². The molecule has 4 rings (SSSR count). The van der Waals surface area contributed by atoms with Gasteiger partial charge in [0.25, 0.3) is 0 Å². The number of nitrogens with one attached hydrogen (secondary N) is 1. The first-order valence-electron chi connectivity index (χ1n) is 10.1. The van der Waals surface area contributed by atoms with Crippen molar-refractivity contribution in [2.45, 2.75) is 22.8 Å². The molecule has 4 aromatic carbocycles. The number of amides is 1. The van der Waals surface area contributed by atoms with Crippen molar-refractivity contribution in [3.8, 4) is 11.1 Å². The van der Waals surface area contributed by atoms with Crippen molar-refractivity contribution in [2.24, 2.45) is 0 Å². The third-order valence-corrected chi connectivity index (χ3v) is 5.91. The van der Waals surface area contributed by atoms with E-state index in [0.717, 1.165) is 20.9 Å². The van der Waals surface area contributed by atoms with E-state index in [2.05, 4.69) is 41.9 Å². The van der Waals surface area contributed by atoms with E-state index in [4.69, 9.17) is 4.84 Å². The van der Waals surface area contributed by atoms with Gasteiger partial charge in [-0.25, -0.2) is 5.48 Å². The number of benzene rings is 4. The third-order valence-electron chi connectivity index (χ3n) is 4.78. The van der Waals surface area contributed by atoms with Crippen molar-refractivity contribution in [1.29, 1.82) is 0 Å². The Hall–Kier alpha value is -3.34. The maximum absolute atomic E-state index is 12.4. The van der Waals surface area contributed by atoms with Crippen LogP contribution in [-0.4, -0.2) is 5.91 Å². The molecule has 0 atom stereocenters. The van der Waals surface area contributed by atoms with E-state index in [0.29, 0.717) is 6.61 Å². The molecule has 0 aliphatic carbocycles. The molecule has 0 aliphatic heterocycles. The zero-order valence-electron chi connectivity index (χ0n) is 17.0. The van der Waals surface area contributed by atoms with Crippen molar-refractivity contribution in [3.63, 3.8) is 0 Å². The van der Waals surface area contributed by atoms with E-state index in [1.54, 1.807) is 11.8 Å². The average molecular weight is 426 g/mol. The van der Waals surface area contributed by atoms with Gasteiger partial charge in [-0.1, -0.05) is 103 Å². The SMILES string of the molecule is O=C(Cc1ccccc1Sc1ccc(-c2ccccc2)cc1)NOCc1ccccc1. The van der Waals surface area contributed by atoms with Gasteiger partial charge >= 0.3 is 0 Å². The lowest BCUT2D eigenvalue weighted by Crippen LogP contribution is -2.25. The molecule has 4 aromatic rings. The fraction of sp³-hybridized carbons (Fsp3) is 0.0741. The Balaban J connectivity index is 1.36. The van der Waals surface area contributed by atoms with Crippen LogP contribution >= 0.6 is 11.8 Å². The van der Waals surface area contributed by atoms with Crippen molar-refractivity contribution in [2.75, 3.05) is 0 Å². The summed E-state index contributed by atoms with van der Waals surface area (Å²) in [5.41, 5.74) is 6.92. The largest absolute Gasteiger partial charge is 0.272 e. The van der Waals surface area contributed by atoms with Crippen molar-refractivity contribution >= 4 is 17.7 Å². The topological polar surface area (TPSA) is 38.3 Å². The summed E-state index contributed by atoms with van der Waals surface area (Å²) in [6.45, 7) is 0.344. The highest BCUT2D eigenvalue weighted by Gasteiger charge is 2.10.